The average molecular weight is 751 g/mol. The molecule has 0 fully saturated rings. The summed E-state index contributed by atoms with van der Waals surface area (Å²) in [6.45, 7) is 0. The lowest BCUT2D eigenvalue weighted by molar-refractivity contribution is 0.764. The van der Waals surface area contributed by atoms with Crippen LogP contribution in [0.3, 0.4) is 0 Å². The van der Waals surface area contributed by atoms with E-state index in [-0.39, 0.29) is 0 Å². The van der Waals surface area contributed by atoms with Crippen molar-refractivity contribution in [3.05, 3.63) is 187 Å². The quantitative estimate of drug-likeness (QED) is 0.182. The molecule has 6 heteroatoms. The fourth-order valence-electron chi connectivity index (χ4n) is 8.55. The highest BCUT2D eigenvalue weighted by molar-refractivity contribution is 7.26. The van der Waals surface area contributed by atoms with Crippen molar-refractivity contribution < 1.29 is 0 Å². The predicted octanol–water partition coefficient (Wildman–Crippen LogP) is 13.4. The summed E-state index contributed by atoms with van der Waals surface area (Å²) >= 11 is 3.66. The Morgan fingerprint density at radius 3 is 2.09 bits per heavy atom. The van der Waals surface area contributed by atoms with Crippen LogP contribution in [0.1, 0.15) is 22.9 Å². The molecule has 0 saturated carbocycles. The van der Waals surface area contributed by atoms with Crippen molar-refractivity contribution in [3.8, 4) is 11.3 Å². The Kier molecular flexibility index (Phi) is 7.00. The van der Waals surface area contributed by atoms with Crippen LogP contribution in [0.4, 0.5) is 0 Å². The summed E-state index contributed by atoms with van der Waals surface area (Å²) in [4.78, 5) is 16.1. The molecule has 0 bridgehead atoms. The smallest absolute Gasteiger partial charge is 0.171 e. The third kappa shape index (κ3) is 4.86. The molecule has 262 valence electrons. The molecule has 1 N–H and O–H groups in total. The molecule has 1 aliphatic rings. The van der Waals surface area contributed by atoms with Gasteiger partial charge in [-0.05, 0) is 35.0 Å². The fourth-order valence-corrected chi connectivity index (χ4v) is 10.9. The molecule has 4 heterocycles. The first kappa shape index (κ1) is 31.6. The van der Waals surface area contributed by atoms with E-state index in [2.05, 4.69) is 175 Å². The largest absolute Gasteiger partial charge is 0.324 e. The Hall–Kier alpha value is -6.73. The summed E-state index contributed by atoms with van der Waals surface area (Å²) in [7, 11) is 0. The summed E-state index contributed by atoms with van der Waals surface area (Å²) in [5, 5.41) is 14.6. The van der Waals surface area contributed by atoms with Gasteiger partial charge in [0.2, 0.25) is 0 Å². The first-order valence-corrected chi connectivity index (χ1v) is 20.4. The Morgan fingerprint density at radius 2 is 1.16 bits per heavy atom. The Bertz CT molecular complexity index is 3460. The number of nitrogens with zero attached hydrogens (tertiary/aromatic N) is 3. The normalized spacial score (nSPS) is 14.6. The van der Waals surface area contributed by atoms with Crippen molar-refractivity contribution in [1.82, 2.24) is 10.3 Å². The van der Waals surface area contributed by atoms with Crippen LogP contribution in [-0.2, 0) is 0 Å². The van der Waals surface area contributed by atoms with Crippen LogP contribution in [0.5, 0.6) is 0 Å². The van der Waals surface area contributed by atoms with Gasteiger partial charge in [-0.2, -0.15) is 0 Å². The monoisotopic (exact) mass is 750 g/mol. The predicted molar refractivity (Wildman–Crippen MR) is 240 cm³/mol. The molecule has 56 heavy (non-hydrogen) atoms. The number of aromatic nitrogens is 1. The molecule has 1 unspecified atom stereocenters. The maximum Gasteiger partial charge on any atom is 0.171 e. The highest BCUT2D eigenvalue weighted by Crippen LogP contribution is 2.46. The number of nitrogens with one attached hydrogen (secondary N) is 1. The zero-order valence-corrected chi connectivity index (χ0v) is 31.5. The van der Waals surface area contributed by atoms with Gasteiger partial charge in [0, 0.05) is 78.8 Å². The molecular formula is C50H30N4S2. The number of thiophene rings is 2. The number of para-hydroxylation sites is 1. The van der Waals surface area contributed by atoms with E-state index in [9.17, 15) is 0 Å². The Labute approximate surface area is 329 Å². The minimum atomic E-state index is -0.459. The minimum absolute atomic E-state index is 0.459. The molecule has 0 spiro atoms. The number of rotatable bonds is 4. The number of hydrogen-bond donors (Lipinski definition) is 1. The van der Waals surface area contributed by atoms with Crippen LogP contribution in [0.15, 0.2) is 180 Å². The van der Waals surface area contributed by atoms with Crippen molar-refractivity contribution in [2.45, 2.75) is 6.17 Å². The van der Waals surface area contributed by atoms with Gasteiger partial charge in [0.25, 0.3) is 0 Å². The Balaban J connectivity index is 1.10. The lowest BCUT2D eigenvalue weighted by Crippen LogP contribution is -2.36. The molecule has 0 saturated heterocycles. The summed E-state index contributed by atoms with van der Waals surface area (Å²) < 4.78 is 4.97. The number of benzene rings is 8. The molecule has 8 aromatic carbocycles. The number of pyridine rings is 1. The summed E-state index contributed by atoms with van der Waals surface area (Å²) in [5.41, 5.74) is 6.31. The lowest BCUT2D eigenvalue weighted by Gasteiger charge is -2.23. The maximum absolute atomic E-state index is 5.45. The van der Waals surface area contributed by atoms with Crippen molar-refractivity contribution >= 4 is 107 Å². The van der Waals surface area contributed by atoms with E-state index in [1.807, 2.05) is 22.7 Å². The maximum atomic E-state index is 5.45. The molecule has 0 radical (unpaired) electrons. The number of amidine groups is 2. The van der Waals surface area contributed by atoms with Crippen LogP contribution in [0.2, 0.25) is 0 Å². The van der Waals surface area contributed by atoms with Crippen molar-refractivity contribution in [3.63, 3.8) is 0 Å². The van der Waals surface area contributed by atoms with Gasteiger partial charge in [-0.15, -0.1) is 22.7 Å². The van der Waals surface area contributed by atoms with Gasteiger partial charge >= 0.3 is 0 Å². The van der Waals surface area contributed by atoms with Crippen molar-refractivity contribution in [1.29, 1.82) is 0 Å². The van der Waals surface area contributed by atoms with E-state index in [4.69, 9.17) is 15.0 Å². The third-order valence-corrected chi connectivity index (χ3v) is 13.5. The van der Waals surface area contributed by atoms with Gasteiger partial charge < -0.3 is 5.32 Å². The summed E-state index contributed by atoms with van der Waals surface area (Å²) in [5.74, 6) is 1.64. The van der Waals surface area contributed by atoms with Crippen molar-refractivity contribution in [2.24, 2.45) is 9.98 Å². The van der Waals surface area contributed by atoms with Crippen molar-refractivity contribution in [2.75, 3.05) is 0 Å². The first-order chi connectivity index (χ1) is 27.7. The Morgan fingerprint density at radius 1 is 0.446 bits per heavy atom. The van der Waals surface area contributed by atoms with Gasteiger partial charge in [-0.1, -0.05) is 146 Å². The highest BCUT2D eigenvalue weighted by atomic mass is 32.1. The topological polar surface area (TPSA) is 49.6 Å². The number of fused-ring (bicyclic) bond motifs is 11. The van der Waals surface area contributed by atoms with Crippen LogP contribution in [0.25, 0.3) is 84.0 Å². The second kappa shape index (κ2) is 12.4. The van der Waals surface area contributed by atoms with E-state index >= 15 is 0 Å². The molecule has 12 rings (SSSR count). The lowest BCUT2D eigenvalue weighted by atomic mass is 9.96. The molecule has 1 aliphatic heterocycles. The van der Waals surface area contributed by atoms with Crippen LogP contribution >= 0.6 is 22.7 Å². The number of aliphatic imine (C=N–C) groups is 2. The van der Waals surface area contributed by atoms with Gasteiger partial charge in [-0.3, -0.25) is 0 Å². The molecule has 11 aromatic rings. The highest BCUT2D eigenvalue weighted by Gasteiger charge is 2.25. The van der Waals surface area contributed by atoms with Crippen LogP contribution in [0, 0.1) is 0 Å². The van der Waals surface area contributed by atoms with E-state index in [1.54, 1.807) is 0 Å². The van der Waals surface area contributed by atoms with Gasteiger partial charge in [-0.25, -0.2) is 15.0 Å². The summed E-state index contributed by atoms with van der Waals surface area (Å²) in [6, 6.07) is 60.6. The van der Waals surface area contributed by atoms with Gasteiger partial charge in [0.15, 0.2) is 6.17 Å². The van der Waals surface area contributed by atoms with E-state index in [1.165, 1.54) is 51.1 Å². The fraction of sp³-hybridized carbons (Fsp3) is 0.0200. The molecule has 3 aromatic heterocycles. The van der Waals surface area contributed by atoms with Gasteiger partial charge in [0.1, 0.15) is 11.7 Å². The standard InChI is InChI=1S/C50H30N4S2/c1-2-13-30(14-3-1)46-37-26-27-42-45(44(37)36-18-6-8-22-40(36)51-46)38-20-11-21-39(47(38)56-42)50-53-48(31-24-25-34-33-17-7-9-23-41(33)55-43(34)28-31)52-49(54-50)35-19-10-15-29-12-4-5-16-32(29)35/h1-28,50H,(H,52,53,54). The average Bonchev–Trinajstić information content (AvgIpc) is 3.84. The second-order valence-corrected chi connectivity index (χ2v) is 16.5. The first-order valence-electron chi connectivity index (χ1n) is 18.8. The molecular weight excluding hydrogens is 721 g/mol. The summed E-state index contributed by atoms with van der Waals surface area (Å²) in [6.07, 6.45) is -0.459. The molecule has 0 aliphatic carbocycles. The van der Waals surface area contributed by atoms with Crippen LogP contribution in [-0.4, -0.2) is 16.7 Å². The van der Waals surface area contributed by atoms with Gasteiger partial charge in [0.05, 0.1) is 11.2 Å². The molecule has 0 amide bonds. The molecule has 4 nitrogen and oxygen atoms in total. The molecule has 1 atom stereocenters. The van der Waals surface area contributed by atoms with E-state index in [0.29, 0.717) is 0 Å². The minimum Gasteiger partial charge on any atom is -0.324 e. The zero-order chi connectivity index (χ0) is 36.7. The third-order valence-electron chi connectivity index (χ3n) is 11.1. The van der Waals surface area contributed by atoms with E-state index < -0.39 is 6.17 Å². The second-order valence-electron chi connectivity index (χ2n) is 14.3. The van der Waals surface area contributed by atoms with Crippen LogP contribution < -0.4 is 5.32 Å². The van der Waals surface area contributed by atoms with E-state index in [0.717, 1.165) is 61.3 Å². The number of hydrogen-bond acceptors (Lipinski definition) is 6. The SMILES string of the molecule is c1ccc(-c2nc3ccccc3c3c2ccc2sc4c(C5N=C(c6ccc7c(c6)sc6ccccc67)NC(c6cccc7ccccc67)=N5)cccc4c23)cc1. The zero-order valence-electron chi connectivity index (χ0n) is 29.9.